The Morgan fingerprint density at radius 1 is 0.579 bits per heavy atom. The summed E-state index contributed by atoms with van der Waals surface area (Å²) in [5, 5.41) is 0. The Kier molecular flexibility index (Phi) is 7.61. The fourth-order valence-corrected chi connectivity index (χ4v) is 5.84. The van der Waals surface area contributed by atoms with Gasteiger partial charge in [-0.05, 0) is 42.6 Å². The highest BCUT2D eigenvalue weighted by Gasteiger charge is 2.26. The smallest absolute Gasteiger partial charge is 0.141 e. The quantitative estimate of drug-likeness (QED) is 0.206. The molecule has 2 heterocycles. The van der Waals surface area contributed by atoms with Crippen molar-refractivity contribution in [3.8, 4) is 11.4 Å². The van der Waals surface area contributed by atoms with E-state index in [1.165, 1.54) is 28.6 Å². The molecule has 5 aromatic rings. The highest BCUT2D eigenvalue weighted by molar-refractivity contribution is 5.80. The largest absolute Gasteiger partial charge is 0.324 e. The number of imidazole rings is 1. The van der Waals surface area contributed by atoms with Crippen molar-refractivity contribution in [1.29, 1.82) is 0 Å². The average molecular weight is 501 g/mol. The van der Waals surface area contributed by atoms with Gasteiger partial charge in [-0.2, -0.15) is 0 Å². The first kappa shape index (κ1) is 24.6. The Morgan fingerprint density at radius 2 is 1.13 bits per heavy atom. The van der Waals surface area contributed by atoms with Crippen molar-refractivity contribution in [2.24, 2.45) is 0 Å². The van der Waals surface area contributed by atoms with E-state index in [4.69, 9.17) is 4.98 Å². The maximum atomic E-state index is 4.97. The van der Waals surface area contributed by atoms with Gasteiger partial charge in [-0.3, -0.25) is 4.90 Å². The third kappa shape index (κ3) is 5.42. The van der Waals surface area contributed by atoms with E-state index in [1.807, 2.05) is 0 Å². The summed E-state index contributed by atoms with van der Waals surface area (Å²) in [6.07, 6.45) is 2.35. The molecule has 1 aromatic heterocycles. The van der Waals surface area contributed by atoms with Gasteiger partial charge in [0.1, 0.15) is 5.82 Å². The Balaban J connectivity index is 1.07. The first-order chi connectivity index (χ1) is 18.9. The van der Waals surface area contributed by atoms with Crippen LogP contribution in [0.25, 0.3) is 22.4 Å². The van der Waals surface area contributed by atoms with Crippen LogP contribution in [-0.2, 0) is 6.54 Å². The minimum atomic E-state index is 0.325. The molecule has 4 aromatic carbocycles. The molecule has 38 heavy (non-hydrogen) atoms. The molecule has 4 heteroatoms. The Labute approximate surface area is 226 Å². The summed E-state index contributed by atoms with van der Waals surface area (Å²) in [6, 6.07) is 41.4. The second-order valence-corrected chi connectivity index (χ2v) is 10.3. The number of aromatic nitrogens is 2. The predicted octanol–water partition coefficient (Wildman–Crippen LogP) is 6.89. The fraction of sp³-hybridized carbons (Fsp3) is 0.265. The van der Waals surface area contributed by atoms with Gasteiger partial charge in [0.25, 0.3) is 0 Å². The monoisotopic (exact) mass is 500 g/mol. The minimum absolute atomic E-state index is 0.325. The molecule has 0 saturated carbocycles. The van der Waals surface area contributed by atoms with Gasteiger partial charge < -0.3 is 9.47 Å². The van der Waals surface area contributed by atoms with E-state index in [0.717, 1.165) is 57.0 Å². The van der Waals surface area contributed by atoms with Crippen LogP contribution in [0.3, 0.4) is 0 Å². The van der Waals surface area contributed by atoms with Crippen LogP contribution >= 0.6 is 0 Å². The summed E-state index contributed by atoms with van der Waals surface area (Å²) in [5.74, 6) is 1.08. The second-order valence-electron chi connectivity index (χ2n) is 10.3. The van der Waals surface area contributed by atoms with Crippen molar-refractivity contribution in [3.05, 3.63) is 126 Å². The lowest BCUT2D eigenvalue weighted by molar-refractivity contribution is 0.108. The highest BCUT2D eigenvalue weighted by Crippen LogP contribution is 2.30. The first-order valence-electron chi connectivity index (χ1n) is 13.9. The number of para-hydroxylation sites is 2. The van der Waals surface area contributed by atoms with Gasteiger partial charge in [0.2, 0.25) is 0 Å². The summed E-state index contributed by atoms with van der Waals surface area (Å²) < 4.78 is 2.41. The third-order valence-corrected chi connectivity index (χ3v) is 7.80. The molecule has 1 aliphatic heterocycles. The molecule has 0 spiro atoms. The Bertz CT molecular complexity index is 1380. The van der Waals surface area contributed by atoms with Crippen LogP contribution in [0.4, 0.5) is 0 Å². The predicted molar refractivity (Wildman–Crippen MR) is 157 cm³/mol. The van der Waals surface area contributed by atoms with Crippen molar-refractivity contribution in [2.45, 2.75) is 25.4 Å². The number of benzene rings is 4. The summed E-state index contributed by atoms with van der Waals surface area (Å²) in [4.78, 5) is 10.3. The van der Waals surface area contributed by atoms with Crippen LogP contribution in [0.2, 0.25) is 0 Å². The fourth-order valence-electron chi connectivity index (χ4n) is 5.84. The lowest BCUT2D eigenvalue weighted by Crippen LogP contribution is -2.48. The molecule has 0 unspecified atom stereocenters. The molecule has 1 fully saturated rings. The van der Waals surface area contributed by atoms with Crippen LogP contribution in [-0.4, -0.2) is 52.1 Å². The molecule has 4 nitrogen and oxygen atoms in total. The topological polar surface area (TPSA) is 24.3 Å². The number of aryl methyl sites for hydroxylation is 1. The van der Waals surface area contributed by atoms with Crippen molar-refractivity contribution in [3.63, 3.8) is 0 Å². The van der Waals surface area contributed by atoms with Crippen LogP contribution in [0.15, 0.2) is 115 Å². The molecule has 0 radical (unpaired) electrons. The van der Waals surface area contributed by atoms with Crippen molar-refractivity contribution in [1.82, 2.24) is 19.4 Å². The van der Waals surface area contributed by atoms with Gasteiger partial charge in [-0.15, -0.1) is 0 Å². The van der Waals surface area contributed by atoms with Crippen LogP contribution < -0.4 is 0 Å². The zero-order valence-corrected chi connectivity index (χ0v) is 22.0. The standard InChI is InChI=1S/C34H36N4/c1-4-14-28(15-5-1)33(29-16-6-2-7-17-29)37-26-24-36(25-27-37)22-12-13-23-38-32-21-11-10-20-31(32)35-34(38)30-18-8-3-9-19-30/h1-11,14-21,33H,12-13,22-27H2. The van der Waals surface area contributed by atoms with Gasteiger partial charge in [-0.25, -0.2) is 4.98 Å². The maximum absolute atomic E-state index is 4.97. The number of hydrogen-bond donors (Lipinski definition) is 0. The lowest BCUT2D eigenvalue weighted by Gasteiger charge is -2.40. The zero-order chi connectivity index (χ0) is 25.6. The molecule has 6 rings (SSSR count). The summed E-state index contributed by atoms with van der Waals surface area (Å²) in [6.45, 7) is 6.59. The summed E-state index contributed by atoms with van der Waals surface area (Å²) >= 11 is 0. The van der Waals surface area contributed by atoms with E-state index in [-0.39, 0.29) is 0 Å². The van der Waals surface area contributed by atoms with E-state index in [1.54, 1.807) is 0 Å². The normalized spacial score (nSPS) is 14.9. The number of nitrogens with zero attached hydrogens (tertiary/aromatic N) is 4. The third-order valence-electron chi connectivity index (χ3n) is 7.80. The molecule has 192 valence electrons. The molecule has 1 aliphatic rings. The Morgan fingerprint density at radius 3 is 1.79 bits per heavy atom. The van der Waals surface area contributed by atoms with Crippen molar-refractivity contribution in [2.75, 3.05) is 32.7 Å². The van der Waals surface area contributed by atoms with Gasteiger partial charge in [0.05, 0.1) is 17.1 Å². The molecular weight excluding hydrogens is 464 g/mol. The van der Waals surface area contributed by atoms with Crippen LogP contribution in [0.5, 0.6) is 0 Å². The number of fused-ring (bicyclic) bond motifs is 1. The SMILES string of the molecule is c1ccc(-c2nc3ccccc3n2CCCCN2CCN(C(c3ccccc3)c3ccccc3)CC2)cc1. The van der Waals surface area contributed by atoms with Gasteiger partial charge in [0.15, 0.2) is 0 Å². The van der Waals surface area contributed by atoms with Crippen LogP contribution in [0.1, 0.15) is 30.0 Å². The highest BCUT2D eigenvalue weighted by atomic mass is 15.3. The molecule has 0 atom stereocenters. The lowest BCUT2D eigenvalue weighted by atomic mass is 9.96. The van der Waals surface area contributed by atoms with Gasteiger partial charge in [0, 0.05) is 38.3 Å². The van der Waals surface area contributed by atoms with Crippen molar-refractivity contribution < 1.29 is 0 Å². The van der Waals surface area contributed by atoms with Gasteiger partial charge in [-0.1, -0.05) is 103 Å². The summed E-state index contributed by atoms with van der Waals surface area (Å²) in [7, 11) is 0. The van der Waals surface area contributed by atoms with Crippen LogP contribution in [0, 0.1) is 0 Å². The first-order valence-corrected chi connectivity index (χ1v) is 13.9. The molecule has 0 aliphatic carbocycles. The number of unbranched alkanes of at least 4 members (excludes halogenated alkanes) is 1. The zero-order valence-electron chi connectivity index (χ0n) is 22.0. The van der Waals surface area contributed by atoms with E-state index in [0.29, 0.717) is 6.04 Å². The average Bonchev–Trinajstić information content (AvgIpc) is 3.36. The second kappa shape index (κ2) is 11.8. The van der Waals surface area contributed by atoms with E-state index in [9.17, 15) is 0 Å². The molecule has 0 amide bonds. The molecule has 0 bridgehead atoms. The number of piperazine rings is 1. The van der Waals surface area contributed by atoms with E-state index in [2.05, 4.69) is 130 Å². The number of rotatable bonds is 9. The van der Waals surface area contributed by atoms with Crippen molar-refractivity contribution >= 4 is 11.0 Å². The molecule has 1 saturated heterocycles. The minimum Gasteiger partial charge on any atom is -0.324 e. The molecule has 0 N–H and O–H groups in total. The summed E-state index contributed by atoms with van der Waals surface area (Å²) in [5.41, 5.74) is 6.26. The van der Waals surface area contributed by atoms with Gasteiger partial charge >= 0.3 is 0 Å². The van der Waals surface area contributed by atoms with E-state index >= 15 is 0 Å². The molecular formula is C34H36N4. The number of hydrogen-bond acceptors (Lipinski definition) is 3. The van der Waals surface area contributed by atoms with E-state index < -0.39 is 0 Å². The maximum Gasteiger partial charge on any atom is 0.141 e. The Hall–Kier alpha value is -3.73.